The van der Waals surface area contributed by atoms with Crippen molar-refractivity contribution in [3.63, 3.8) is 0 Å². The topological polar surface area (TPSA) is 29.9 Å². The van der Waals surface area contributed by atoms with Crippen LogP contribution in [0.4, 0.5) is 0 Å². The zero-order valence-corrected chi connectivity index (χ0v) is 12.3. The molecular weight excluding hydrogens is 234 g/mol. The van der Waals surface area contributed by atoms with Crippen molar-refractivity contribution in [3.05, 3.63) is 52.8 Å². The van der Waals surface area contributed by atoms with E-state index in [0.717, 1.165) is 13.1 Å². The van der Waals surface area contributed by atoms with Crippen molar-refractivity contribution in [1.29, 1.82) is 0 Å². The Balaban J connectivity index is 1.93. The van der Waals surface area contributed by atoms with Gasteiger partial charge in [0, 0.05) is 25.0 Å². The van der Waals surface area contributed by atoms with Crippen LogP contribution in [0.3, 0.4) is 0 Å². The third kappa shape index (κ3) is 3.67. The lowest BCUT2D eigenvalue weighted by Gasteiger charge is -2.16. The van der Waals surface area contributed by atoms with E-state index in [4.69, 9.17) is 0 Å². The van der Waals surface area contributed by atoms with Crippen molar-refractivity contribution in [3.8, 4) is 0 Å². The number of aromatic nitrogens is 2. The van der Waals surface area contributed by atoms with E-state index in [9.17, 15) is 0 Å². The highest BCUT2D eigenvalue weighted by Gasteiger charge is 2.05. The minimum atomic E-state index is 0.404. The minimum Gasteiger partial charge on any atom is -0.308 e. The number of rotatable bonds is 5. The number of hydrogen-bond acceptors (Lipinski definition) is 2. The summed E-state index contributed by atoms with van der Waals surface area (Å²) in [5, 5.41) is 7.80. The summed E-state index contributed by atoms with van der Waals surface area (Å²) in [5.41, 5.74) is 5.48. The van der Waals surface area contributed by atoms with Crippen LogP contribution in [-0.2, 0) is 13.1 Å². The molecule has 1 atom stereocenters. The third-order valence-corrected chi connectivity index (χ3v) is 3.61. The first kappa shape index (κ1) is 13.8. The summed E-state index contributed by atoms with van der Waals surface area (Å²) in [5.74, 6) is 0. The molecule has 19 heavy (non-hydrogen) atoms. The van der Waals surface area contributed by atoms with Gasteiger partial charge in [-0.05, 0) is 56.0 Å². The average Bonchev–Trinajstić information content (AvgIpc) is 2.85. The van der Waals surface area contributed by atoms with Gasteiger partial charge >= 0.3 is 0 Å². The lowest BCUT2D eigenvalue weighted by molar-refractivity contribution is 0.450. The van der Waals surface area contributed by atoms with Crippen LogP contribution in [-0.4, -0.2) is 15.8 Å². The molecular formula is C16H23N3. The van der Waals surface area contributed by atoms with Crippen molar-refractivity contribution in [2.24, 2.45) is 0 Å². The lowest BCUT2D eigenvalue weighted by Crippen LogP contribution is -2.30. The fourth-order valence-corrected chi connectivity index (χ4v) is 2.25. The van der Waals surface area contributed by atoms with E-state index in [0.29, 0.717) is 6.04 Å². The summed E-state index contributed by atoms with van der Waals surface area (Å²) in [6.07, 6.45) is 3.82. The predicted molar refractivity (Wildman–Crippen MR) is 79.2 cm³/mol. The van der Waals surface area contributed by atoms with Gasteiger partial charge in [-0.15, -0.1) is 0 Å². The molecule has 0 aliphatic carbocycles. The third-order valence-electron chi connectivity index (χ3n) is 3.61. The van der Waals surface area contributed by atoms with Gasteiger partial charge in [0.05, 0.1) is 6.54 Å². The number of nitrogens with zero attached hydrogens (tertiary/aromatic N) is 2. The Morgan fingerprint density at radius 3 is 2.58 bits per heavy atom. The maximum atomic E-state index is 4.23. The molecule has 0 amide bonds. The van der Waals surface area contributed by atoms with Crippen molar-refractivity contribution < 1.29 is 0 Å². The molecule has 1 unspecified atom stereocenters. The monoisotopic (exact) mass is 257 g/mol. The van der Waals surface area contributed by atoms with E-state index in [2.05, 4.69) is 50.2 Å². The van der Waals surface area contributed by atoms with Crippen LogP contribution >= 0.6 is 0 Å². The maximum Gasteiger partial charge on any atom is 0.0560 e. The fraction of sp³-hybridized carbons (Fsp3) is 0.438. The molecule has 0 aliphatic heterocycles. The second kappa shape index (κ2) is 6.02. The molecule has 0 radical (unpaired) electrons. The molecule has 0 saturated heterocycles. The molecule has 0 spiro atoms. The Morgan fingerprint density at radius 2 is 1.89 bits per heavy atom. The first-order chi connectivity index (χ1) is 9.06. The highest BCUT2D eigenvalue weighted by Crippen LogP contribution is 2.15. The summed E-state index contributed by atoms with van der Waals surface area (Å²) in [6, 6.07) is 6.92. The molecule has 3 heteroatoms. The molecule has 1 heterocycles. The summed E-state index contributed by atoms with van der Waals surface area (Å²) in [7, 11) is 0. The van der Waals surface area contributed by atoms with E-state index in [1.54, 1.807) is 0 Å². The van der Waals surface area contributed by atoms with Crippen molar-refractivity contribution in [1.82, 2.24) is 15.1 Å². The summed E-state index contributed by atoms with van der Waals surface area (Å²) in [4.78, 5) is 0. The molecule has 0 bridgehead atoms. The Bertz CT molecular complexity index is 529. The van der Waals surface area contributed by atoms with Gasteiger partial charge in [0.25, 0.3) is 0 Å². The Morgan fingerprint density at radius 1 is 1.16 bits per heavy atom. The molecule has 2 rings (SSSR count). The molecule has 2 aromatic rings. The molecule has 0 aliphatic rings. The molecule has 102 valence electrons. The van der Waals surface area contributed by atoms with Crippen LogP contribution in [0.2, 0.25) is 0 Å². The van der Waals surface area contributed by atoms with Gasteiger partial charge in [-0.25, -0.2) is 0 Å². The van der Waals surface area contributed by atoms with Gasteiger partial charge in [-0.2, -0.15) is 5.10 Å². The highest BCUT2D eigenvalue weighted by molar-refractivity contribution is 5.36. The normalized spacial score (nSPS) is 12.6. The van der Waals surface area contributed by atoms with Crippen molar-refractivity contribution >= 4 is 0 Å². The number of benzene rings is 1. The number of aryl methyl sites for hydroxylation is 3. The van der Waals surface area contributed by atoms with Crippen LogP contribution in [0.25, 0.3) is 0 Å². The highest BCUT2D eigenvalue weighted by atomic mass is 15.3. The van der Waals surface area contributed by atoms with Gasteiger partial charge in [-0.3, -0.25) is 4.68 Å². The van der Waals surface area contributed by atoms with Gasteiger partial charge in [0.2, 0.25) is 0 Å². The first-order valence-electron chi connectivity index (χ1n) is 6.84. The second-order valence-corrected chi connectivity index (χ2v) is 5.37. The molecule has 3 nitrogen and oxygen atoms in total. The molecule has 0 fully saturated rings. The SMILES string of the molecule is Cc1cc(C)c(CNC(C)Cn2cccn2)cc1C. The summed E-state index contributed by atoms with van der Waals surface area (Å²) >= 11 is 0. The zero-order valence-electron chi connectivity index (χ0n) is 12.3. The Kier molecular flexibility index (Phi) is 4.38. The fourth-order valence-electron chi connectivity index (χ4n) is 2.25. The average molecular weight is 257 g/mol. The van der Waals surface area contributed by atoms with Crippen LogP contribution in [0, 0.1) is 20.8 Å². The van der Waals surface area contributed by atoms with Crippen molar-refractivity contribution in [2.75, 3.05) is 0 Å². The summed E-state index contributed by atoms with van der Waals surface area (Å²) < 4.78 is 1.96. The lowest BCUT2D eigenvalue weighted by atomic mass is 10.0. The van der Waals surface area contributed by atoms with Crippen LogP contribution in [0.5, 0.6) is 0 Å². The van der Waals surface area contributed by atoms with E-state index in [-0.39, 0.29) is 0 Å². The predicted octanol–water partition coefficient (Wildman–Crippen LogP) is 2.99. The maximum absolute atomic E-state index is 4.23. The number of hydrogen-bond donors (Lipinski definition) is 1. The van der Waals surface area contributed by atoms with Crippen LogP contribution < -0.4 is 5.32 Å². The second-order valence-electron chi connectivity index (χ2n) is 5.37. The van der Waals surface area contributed by atoms with Gasteiger partial charge < -0.3 is 5.32 Å². The smallest absolute Gasteiger partial charge is 0.0560 e. The van der Waals surface area contributed by atoms with Gasteiger partial charge in [0.1, 0.15) is 0 Å². The quantitative estimate of drug-likeness (QED) is 0.892. The standard InChI is InChI=1S/C16H23N3/c1-12-8-14(3)16(9-13(12)2)10-17-15(4)11-19-7-5-6-18-19/h5-9,15,17H,10-11H2,1-4H3. The van der Waals surface area contributed by atoms with E-state index >= 15 is 0 Å². The minimum absolute atomic E-state index is 0.404. The Labute approximate surface area is 115 Å². The van der Waals surface area contributed by atoms with Gasteiger partial charge in [-0.1, -0.05) is 12.1 Å². The summed E-state index contributed by atoms with van der Waals surface area (Å²) in [6.45, 7) is 10.5. The number of nitrogens with one attached hydrogen (secondary N) is 1. The van der Waals surface area contributed by atoms with Crippen molar-refractivity contribution in [2.45, 2.75) is 46.8 Å². The van der Waals surface area contributed by atoms with E-state index in [1.165, 1.54) is 22.3 Å². The van der Waals surface area contributed by atoms with Crippen LogP contribution in [0.1, 0.15) is 29.2 Å². The van der Waals surface area contributed by atoms with E-state index < -0.39 is 0 Å². The van der Waals surface area contributed by atoms with E-state index in [1.807, 2.05) is 23.1 Å². The van der Waals surface area contributed by atoms with Crippen LogP contribution in [0.15, 0.2) is 30.6 Å². The molecule has 1 aromatic carbocycles. The molecule has 0 saturated carbocycles. The first-order valence-corrected chi connectivity index (χ1v) is 6.84. The molecule has 1 aromatic heterocycles. The largest absolute Gasteiger partial charge is 0.308 e. The Hall–Kier alpha value is -1.61. The van der Waals surface area contributed by atoms with Gasteiger partial charge in [0.15, 0.2) is 0 Å². The molecule has 1 N–H and O–H groups in total. The zero-order chi connectivity index (χ0) is 13.8.